The Bertz CT molecular complexity index is 389. The van der Waals surface area contributed by atoms with Gasteiger partial charge in [0, 0.05) is 13.0 Å². The van der Waals surface area contributed by atoms with Crippen LogP contribution < -0.4 is 10.4 Å². The number of carbonyl (C=O) groups excluding carboxylic acids is 1. The van der Waals surface area contributed by atoms with Crippen molar-refractivity contribution in [3.8, 4) is 0 Å². The minimum absolute atomic E-state index is 0.142. The van der Waals surface area contributed by atoms with E-state index in [1.54, 1.807) is 5.01 Å². The highest BCUT2D eigenvalue weighted by molar-refractivity contribution is 5.94. The molecule has 3 heteroatoms. The summed E-state index contributed by atoms with van der Waals surface area (Å²) in [4.78, 5) is 11.5. The molecule has 1 aromatic carbocycles. The highest BCUT2D eigenvalue weighted by atomic mass is 16.2. The van der Waals surface area contributed by atoms with Gasteiger partial charge in [0.15, 0.2) is 0 Å². The molecule has 0 aromatic heterocycles. The average Bonchev–Trinajstić information content (AvgIpc) is 2.63. The fourth-order valence-corrected chi connectivity index (χ4v) is 1.82. The van der Waals surface area contributed by atoms with Gasteiger partial charge in [0.1, 0.15) is 0 Å². The summed E-state index contributed by atoms with van der Waals surface area (Å²) < 4.78 is 0. The van der Waals surface area contributed by atoms with Gasteiger partial charge in [-0.3, -0.25) is 4.79 Å². The maximum Gasteiger partial charge on any atom is 0.242 e. The van der Waals surface area contributed by atoms with E-state index < -0.39 is 0 Å². The number of benzene rings is 1. The van der Waals surface area contributed by atoms with Crippen molar-refractivity contribution in [2.45, 2.75) is 32.6 Å². The van der Waals surface area contributed by atoms with Gasteiger partial charge in [-0.15, -0.1) is 0 Å². The van der Waals surface area contributed by atoms with Crippen LogP contribution in [0.5, 0.6) is 0 Å². The molecular weight excluding hydrogens is 200 g/mol. The highest BCUT2D eigenvalue weighted by Gasteiger charge is 2.21. The Morgan fingerprint density at radius 2 is 1.81 bits per heavy atom. The lowest BCUT2D eigenvalue weighted by atomic mass is 9.87. The van der Waals surface area contributed by atoms with Gasteiger partial charge in [-0.05, 0) is 23.1 Å². The molecule has 1 saturated heterocycles. The molecule has 0 bridgehead atoms. The molecular formula is C13H18N2O. The van der Waals surface area contributed by atoms with Crippen molar-refractivity contribution in [2.24, 2.45) is 0 Å². The summed E-state index contributed by atoms with van der Waals surface area (Å²) in [6.07, 6.45) is 0.584. The topological polar surface area (TPSA) is 32.3 Å². The first-order chi connectivity index (χ1) is 7.48. The lowest BCUT2D eigenvalue weighted by molar-refractivity contribution is -0.117. The molecule has 1 amide bonds. The van der Waals surface area contributed by atoms with E-state index in [0.29, 0.717) is 6.42 Å². The van der Waals surface area contributed by atoms with Crippen LogP contribution in [0.2, 0.25) is 0 Å². The first-order valence-corrected chi connectivity index (χ1v) is 5.65. The van der Waals surface area contributed by atoms with E-state index in [-0.39, 0.29) is 11.3 Å². The summed E-state index contributed by atoms with van der Waals surface area (Å²) in [5.41, 5.74) is 5.43. The number of amides is 1. The first kappa shape index (κ1) is 11.1. The monoisotopic (exact) mass is 218 g/mol. The molecule has 0 spiro atoms. The smallest absolute Gasteiger partial charge is 0.242 e. The van der Waals surface area contributed by atoms with Gasteiger partial charge in [0.25, 0.3) is 0 Å². The van der Waals surface area contributed by atoms with Crippen LogP contribution >= 0.6 is 0 Å². The van der Waals surface area contributed by atoms with Crippen molar-refractivity contribution in [1.82, 2.24) is 5.43 Å². The summed E-state index contributed by atoms with van der Waals surface area (Å²) in [5, 5.41) is 1.63. The standard InChI is InChI=1S/C13H18N2O/c1-13(2,3)10-4-6-11(7-5-10)15-12(16)8-9-14-15/h4-7,14H,8-9H2,1-3H3. The van der Waals surface area contributed by atoms with Crippen molar-refractivity contribution >= 4 is 11.6 Å². The predicted molar refractivity (Wildman–Crippen MR) is 65.2 cm³/mol. The second-order valence-corrected chi connectivity index (χ2v) is 5.18. The van der Waals surface area contributed by atoms with Gasteiger partial charge in [-0.25, -0.2) is 10.4 Å². The minimum atomic E-state index is 0.142. The van der Waals surface area contributed by atoms with E-state index in [1.807, 2.05) is 12.1 Å². The zero-order valence-corrected chi connectivity index (χ0v) is 10.1. The zero-order valence-electron chi connectivity index (χ0n) is 10.1. The SMILES string of the molecule is CC(C)(C)c1ccc(N2NCCC2=O)cc1. The van der Waals surface area contributed by atoms with Crippen LogP contribution in [0, 0.1) is 0 Å². The number of hydrogen-bond donors (Lipinski definition) is 1. The summed E-state index contributed by atoms with van der Waals surface area (Å²) in [7, 11) is 0. The summed E-state index contributed by atoms with van der Waals surface area (Å²) in [6.45, 7) is 7.28. The molecule has 1 aliphatic rings. The second-order valence-electron chi connectivity index (χ2n) is 5.18. The molecule has 1 N–H and O–H groups in total. The highest BCUT2D eigenvalue weighted by Crippen LogP contribution is 2.25. The fraction of sp³-hybridized carbons (Fsp3) is 0.462. The Labute approximate surface area is 96.4 Å². The maximum atomic E-state index is 11.5. The van der Waals surface area contributed by atoms with E-state index in [0.717, 1.165) is 12.2 Å². The molecule has 0 aliphatic carbocycles. The normalized spacial score (nSPS) is 16.9. The minimum Gasteiger partial charge on any atom is -0.273 e. The largest absolute Gasteiger partial charge is 0.273 e. The third kappa shape index (κ3) is 2.09. The molecule has 3 nitrogen and oxygen atoms in total. The lowest BCUT2D eigenvalue weighted by Crippen LogP contribution is -2.33. The molecule has 1 aliphatic heterocycles. The van der Waals surface area contributed by atoms with Crippen molar-refractivity contribution < 1.29 is 4.79 Å². The quantitative estimate of drug-likeness (QED) is 0.784. The number of nitrogens with zero attached hydrogens (tertiary/aromatic N) is 1. The molecule has 1 fully saturated rings. The summed E-state index contributed by atoms with van der Waals surface area (Å²) in [5.74, 6) is 0.142. The first-order valence-electron chi connectivity index (χ1n) is 5.65. The molecule has 0 saturated carbocycles. The Balaban J connectivity index is 2.22. The van der Waals surface area contributed by atoms with Crippen LogP contribution in [-0.2, 0) is 10.2 Å². The van der Waals surface area contributed by atoms with E-state index in [2.05, 4.69) is 38.3 Å². The van der Waals surface area contributed by atoms with E-state index >= 15 is 0 Å². The Hall–Kier alpha value is -1.35. The number of hydrazine groups is 1. The van der Waals surface area contributed by atoms with Crippen molar-refractivity contribution in [3.05, 3.63) is 29.8 Å². The van der Waals surface area contributed by atoms with Crippen LogP contribution in [0.25, 0.3) is 0 Å². The Morgan fingerprint density at radius 1 is 1.19 bits per heavy atom. The number of carbonyl (C=O) groups is 1. The van der Waals surface area contributed by atoms with Gasteiger partial charge >= 0.3 is 0 Å². The van der Waals surface area contributed by atoms with E-state index in [4.69, 9.17) is 0 Å². The molecule has 0 atom stereocenters. The molecule has 1 heterocycles. The van der Waals surface area contributed by atoms with Crippen LogP contribution in [0.3, 0.4) is 0 Å². The third-order valence-corrected chi connectivity index (χ3v) is 2.85. The van der Waals surface area contributed by atoms with Crippen LogP contribution in [0.15, 0.2) is 24.3 Å². The molecule has 1 aromatic rings. The van der Waals surface area contributed by atoms with E-state index in [1.165, 1.54) is 5.56 Å². The molecule has 2 rings (SSSR count). The zero-order chi connectivity index (χ0) is 11.8. The van der Waals surface area contributed by atoms with Gasteiger partial charge in [-0.1, -0.05) is 32.9 Å². The number of nitrogens with one attached hydrogen (secondary N) is 1. The molecule has 0 radical (unpaired) electrons. The third-order valence-electron chi connectivity index (χ3n) is 2.85. The number of anilines is 1. The Morgan fingerprint density at radius 3 is 2.25 bits per heavy atom. The van der Waals surface area contributed by atoms with Crippen molar-refractivity contribution in [1.29, 1.82) is 0 Å². The van der Waals surface area contributed by atoms with E-state index in [9.17, 15) is 4.79 Å². The van der Waals surface area contributed by atoms with Gasteiger partial charge in [0.05, 0.1) is 5.69 Å². The van der Waals surface area contributed by atoms with Crippen molar-refractivity contribution in [3.63, 3.8) is 0 Å². The fourth-order valence-electron chi connectivity index (χ4n) is 1.82. The van der Waals surface area contributed by atoms with Crippen LogP contribution in [0.4, 0.5) is 5.69 Å². The van der Waals surface area contributed by atoms with Gasteiger partial charge in [-0.2, -0.15) is 0 Å². The second kappa shape index (κ2) is 3.91. The predicted octanol–water partition coefficient (Wildman–Crippen LogP) is 2.23. The number of hydrogen-bond acceptors (Lipinski definition) is 2. The van der Waals surface area contributed by atoms with Crippen LogP contribution in [0.1, 0.15) is 32.8 Å². The van der Waals surface area contributed by atoms with Crippen LogP contribution in [-0.4, -0.2) is 12.5 Å². The average molecular weight is 218 g/mol. The number of rotatable bonds is 1. The Kier molecular flexibility index (Phi) is 2.72. The molecule has 86 valence electrons. The van der Waals surface area contributed by atoms with Gasteiger partial charge in [0.2, 0.25) is 5.91 Å². The molecule has 0 unspecified atom stereocenters. The molecule has 16 heavy (non-hydrogen) atoms. The summed E-state index contributed by atoms with van der Waals surface area (Å²) in [6, 6.07) is 8.17. The summed E-state index contributed by atoms with van der Waals surface area (Å²) >= 11 is 0. The lowest BCUT2D eigenvalue weighted by Gasteiger charge is -2.21. The van der Waals surface area contributed by atoms with Gasteiger partial charge < -0.3 is 0 Å². The maximum absolute atomic E-state index is 11.5. The van der Waals surface area contributed by atoms with Crippen molar-refractivity contribution in [2.75, 3.05) is 11.6 Å².